The Morgan fingerprint density at radius 3 is 2.47 bits per heavy atom. The number of nitrogens with two attached hydrogens (primary N) is 1. The fourth-order valence-electron chi connectivity index (χ4n) is 0.952. The zero-order valence-electron chi connectivity index (χ0n) is 10.5. The third kappa shape index (κ3) is 4.97. The second kappa shape index (κ2) is 6.28. The number of hydrogen-bond donors (Lipinski definition) is 2. The van der Waals surface area contributed by atoms with Gasteiger partial charge in [0, 0.05) is 5.41 Å². The van der Waals surface area contributed by atoms with Gasteiger partial charge in [-0.05, 0) is 6.92 Å². The van der Waals surface area contributed by atoms with Gasteiger partial charge in [-0.1, -0.05) is 32.1 Å². The summed E-state index contributed by atoms with van der Waals surface area (Å²) in [5, 5.41) is 12.6. The highest BCUT2D eigenvalue weighted by Crippen LogP contribution is 2.25. The van der Waals surface area contributed by atoms with E-state index < -0.39 is 6.04 Å². The monoisotopic (exact) mass is 278 g/mol. The summed E-state index contributed by atoms with van der Waals surface area (Å²) in [6.45, 7) is 8.29. The fraction of sp³-hybridized carbons (Fsp3) is 0.700. The van der Waals surface area contributed by atoms with E-state index in [-0.39, 0.29) is 23.7 Å². The predicted octanol–water partition coefficient (Wildman–Crippen LogP) is 1.22. The average molecular weight is 279 g/mol. The molecule has 1 heterocycles. The van der Waals surface area contributed by atoms with Crippen molar-refractivity contribution in [2.24, 2.45) is 5.73 Å². The van der Waals surface area contributed by atoms with Crippen LogP contribution in [0, 0.1) is 0 Å². The highest BCUT2D eigenvalue weighted by molar-refractivity contribution is 7.11. The lowest BCUT2D eigenvalue weighted by atomic mass is 9.98. The van der Waals surface area contributed by atoms with E-state index in [9.17, 15) is 4.79 Å². The number of hydrogen-bond acceptors (Lipinski definition) is 5. The summed E-state index contributed by atoms with van der Waals surface area (Å²) in [5.41, 5.74) is 5.43. The van der Waals surface area contributed by atoms with E-state index >= 15 is 0 Å². The quantitative estimate of drug-likeness (QED) is 0.871. The van der Waals surface area contributed by atoms with Gasteiger partial charge in [-0.3, -0.25) is 4.79 Å². The molecule has 0 aliphatic carbocycles. The Hall–Kier alpha value is -0.720. The first-order valence-electron chi connectivity index (χ1n) is 5.17. The first kappa shape index (κ1) is 16.3. The van der Waals surface area contributed by atoms with E-state index in [1.807, 2.05) is 0 Å². The molecule has 1 aromatic rings. The fourth-order valence-corrected chi connectivity index (χ4v) is 1.79. The number of carbonyl (C=O) groups is 1. The summed E-state index contributed by atoms with van der Waals surface area (Å²) >= 11 is 1.52. The van der Waals surface area contributed by atoms with Gasteiger partial charge in [0.15, 0.2) is 0 Å². The second-order valence-corrected chi connectivity index (χ2v) is 5.82. The molecule has 98 valence electrons. The zero-order chi connectivity index (χ0) is 12.3. The first-order valence-corrected chi connectivity index (χ1v) is 5.98. The maximum Gasteiger partial charge on any atom is 0.236 e. The third-order valence-electron chi connectivity index (χ3n) is 1.94. The second-order valence-electron chi connectivity index (χ2n) is 4.76. The number of rotatable bonds is 3. The summed E-state index contributed by atoms with van der Waals surface area (Å²) in [5.74, 6) is -0.174. The summed E-state index contributed by atoms with van der Waals surface area (Å²) < 4.78 is 0. The Kier molecular flexibility index (Phi) is 6.01. The zero-order valence-corrected chi connectivity index (χ0v) is 12.1. The van der Waals surface area contributed by atoms with Crippen molar-refractivity contribution in [3.05, 3.63) is 10.0 Å². The number of halogens is 1. The molecule has 0 aromatic carbocycles. The molecule has 3 N–H and O–H groups in total. The molecule has 1 amide bonds. The van der Waals surface area contributed by atoms with Crippen molar-refractivity contribution in [3.8, 4) is 0 Å². The van der Waals surface area contributed by atoms with Crippen molar-refractivity contribution >= 4 is 29.7 Å². The minimum atomic E-state index is -0.491. The van der Waals surface area contributed by atoms with Gasteiger partial charge in [-0.25, -0.2) is 0 Å². The Morgan fingerprint density at radius 1 is 1.47 bits per heavy atom. The van der Waals surface area contributed by atoms with Crippen LogP contribution in [0.25, 0.3) is 0 Å². The molecule has 0 aliphatic heterocycles. The molecule has 0 aliphatic rings. The van der Waals surface area contributed by atoms with Gasteiger partial charge in [0.25, 0.3) is 0 Å². The number of carbonyl (C=O) groups excluding carboxylic acids is 1. The van der Waals surface area contributed by atoms with Crippen molar-refractivity contribution in [1.29, 1.82) is 0 Å². The number of nitrogens with zero attached hydrogens (tertiary/aromatic N) is 2. The summed E-state index contributed by atoms with van der Waals surface area (Å²) in [4.78, 5) is 11.2. The lowest BCUT2D eigenvalue weighted by Gasteiger charge is -2.12. The van der Waals surface area contributed by atoms with E-state index in [0.717, 1.165) is 10.0 Å². The number of nitrogens with one attached hydrogen (secondary N) is 1. The first-order chi connectivity index (χ1) is 7.30. The van der Waals surface area contributed by atoms with Crippen molar-refractivity contribution in [1.82, 2.24) is 15.5 Å². The molecular weight excluding hydrogens is 260 g/mol. The average Bonchev–Trinajstić information content (AvgIpc) is 2.61. The molecule has 7 heteroatoms. The Labute approximate surface area is 112 Å². The molecule has 0 saturated heterocycles. The van der Waals surface area contributed by atoms with E-state index in [1.54, 1.807) is 6.92 Å². The molecule has 17 heavy (non-hydrogen) atoms. The topological polar surface area (TPSA) is 80.9 Å². The summed E-state index contributed by atoms with van der Waals surface area (Å²) in [7, 11) is 0. The van der Waals surface area contributed by atoms with Crippen LogP contribution in [-0.4, -0.2) is 22.1 Å². The maximum absolute atomic E-state index is 11.2. The van der Waals surface area contributed by atoms with Crippen LogP contribution in [0.2, 0.25) is 0 Å². The van der Waals surface area contributed by atoms with E-state index in [4.69, 9.17) is 5.73 Å². The molecule has 0 spiro atoms. The van der Waals surface area contributed by atoms with Crippen LogP contribution in [0.3, 0.4) is 0 Å². The maximum atomic E-state index is 11.2. The lowest BCUT2D eigenvalue weighted by molar-refractivity contribution is -0.122. The van der Waals surface area contributed by atoms with Gasteiger partial charge < -0.3 is 11.1 Å². The van der Waals surface area contributed by atoms with Crippen LogP contribution in [0.5, 0.6) is 0 Å². The molecule has 0 fully saturated rings. The number of amides is 1. The van der Waals surface area contributed by atoms with Gasteiger partial charge in [-0.15, -0.1) is 22.6 Å². The van der Waals surface area contributed by atoms with Gasteiger partial charge in [0.05, 0.1) is 12.6 Å². The molecular formula is C10H19ClN4OS. The van der Waals surface area contributed by atoms with Crippen LogP contribution < -0.4 is 11.1 Å². The van der Waals surface area contributed by atoms with Gasteiger partial charge >= 0.3 is 0 Å². The van der Waals surface area contributed by atoms with Crippen LogP contribution in [0.15, 0.2) is 0 Å². The molecule has 0 bridgehead atoms. The molecule has 5 nitrogen and oxygen atoms in total. The van der Waals surface area contributed by atoms with Crippen molar-refractivity contribution in [2.75, 3.05) is 0 Å². The highest BCUT2D eigenvalue weighted by atomic mass is 35.5. The van der Waals surface area contributed by atoms with Crippen LogP contribution >= 0.6 is 23.7 Å². The molecule has 0 radical (unpaired) electrons. The standard InChI is InChI=1S/C10H18N4OS.ClH/c1-6(11)8(15)12-5-7-13-14-9(16-7)10(2,3)4;/h6H,5,11H2,1-4H3,(H,12,15);1H/t6-;/m0./s1. The minimum absolute atomic E-state index is 0. The third-order valence-corrected chi connectivity index (χ3v) is 3.28. The largest absolute Gasteiger partial charge is 0.348 e. The van der Waals surface area contributed by atoms with Gasteiger partial charge in [0.2, 0.25) is 5.91 Å². The lowest BCUT2D eigenvalue weighted by Crippen LogP contribution is -2.37. The summed E-state index contributed by atoms with van der Waals surface area (Å²) in [6, 6.07) is -0.491. The molecule has 1 rings (SSSR count). The van der Waals surface area contributed by atoms with Crippen molar-refractivity contribution in [2.45, 2.75) is 45.7 Å². The predicted molar refractivity (Wildman–Crippen MR) is 71.4 cm³/mol. The normalized spacial score (nSPS) is 12.8. The molecule has 1 atom stereocenters. The van der Waals surface area contributed by atoms with E-state index in [1.165, 1.54) is 11.3 Å². The van der Waals surface area contributed by atoms with Crippen LogP contribution in [-0.2, 0) is 16.8 Å². The van der Waals surface area contributed by atoms with Crippen molar-refractivity contribution in [3.63, 3.8) is 0 Å². The molecule has 1 aromatic heterocycles. The number of aromatic nitrogens is 2. The smallest absolute Gasteiger partial charge is 0.236 e. The van der Waals surface area contributed by atoms with Crippen molar-refractivity contribution < 1.29 is 4.79 Å². The Balaban J connectivity index is 0.00000256. The summed E-state index contributed by atoms with van der Waals surface area (Å²) in [6.07, 6.45) is 0. The molecule has 0 saturated carbocycles. The van der Waals surface area contributed by atoms with E-state index in [2.05, 4.69) is 36.3 Å². The van der Waals surface area contributed by atoms with Crippen LogP contribution in [0.4, 0.5) is 0 Å². The van der Waals surface area contributed by atoms with Crippen LogP contribution in [0.1, 0.15) is 37.7 Å². The highest BCUT2D eigenvalue weighted by Gasteiger charge is 2.19. The van der Waals surface area contributed by atoms with Gasteiger partial charge in [-0.2, -0.15) is 0 Å². The Morgan fingerprint density at radius 2 is 2.06 bits per heavy atom. The minimum Gasteiger partial charge on any atom is -0.348 e. The van der Waals surface area contributed by atoms with E-state index in [0.29, 0.717) is 6.54 Å². The SMILES string of the molecule is C[C@H](N)C(=O)NCc1nnc(C(C)(C)C)s1.Cl. The van der Waals surface area contributed by atoms with Gasteiger partial charge in [0.1, 0.15) is 10.0 Å². The molecule has 0 unspecified atom stereocenters. The Bertz CT molecular complexity index is 373.